The van der Waals surface area contributed by atoms with E-state index in [9.17, 15) is 13.2 Å². The van der Waals surface area contributed by atoms with Crippen LogP contribution in [0, 0.1) is 0 Å². The number of piperidine rings is 1. The largest absolute Gasteiger partial charge is 0.337 e. The van der Waals surface area contributed by atoms with Gasteiger partial charge in [0.15, 0.2) is 11.0 Å². The minimum atomic E-state index is -3.50. The lowest BCUT2D eigenvalue weighted by Crippen LogP contribution is -2.48. The van der Waals surface area contributed by atoms with Crippen molar-refractivity contribution in [3.63, 3.8) is 0 Å². The fourth-order valence-electron chi connectivity index (χ4n) is 4.50. The van der Waals surface area contributed by atoms with E-state index in [1.807, 2.05) is 30.2 Å². The molecule has 2 aromatic rings. The van der Waals surface area contributed by atoms with Gasteiger partial charge in [0, 0.05) is 37.3 Å². The molecule has 0 N–H and O–H groups in total. The van der Waals surface area contributed by atoms with Crippen molar-refractivity contribution in [2.24, 2.45) is 0 Å². The first-order chi connectivity index (χ1) is 15.7. The molecule has 0 saturated carbocycles. The maximum absolute atomic E-state index is 12.9. The summed E-state index contributed by atoms with van der Waals surface area (Å²) < 4.78 is 28.9. The van der Waals surface area contributed by atoms with Crippen molar-refractivity contribution in [1.29, 1.82) is 0 Å². The normalized spacial score (nSPS) is 19.3. The van der Waals surface area contributed by atoms with Crippen molar-refractivity contribution in [3.8, 4) is 11.4 Å². The molecule has 33 heavy (non-hydrogen) atoms. The van der Waals surface area contributed by atoms with Crippen LogP contribution in [0.1, 0.15) is 53.9 Å². The number of aromatic nitrogens is 3. The van der Waals surface area contributed by atoms with E-state index >= 15 is 0 Å². The third kappa shape index (κ3) is 5.44. The Labute approximate surface area is 201 Å². The molecule has 2 heterocycles. The molecule has 1 aliphatic heterocycles. The number of hydrogen-bond acceptors (Lipinski definition) is 6. The molecule has 0 aliphatic carbocycles. The van der Waals surface area contributed by atoms with Crippen molar-refractivity contribution in [2.75, 3.05) is 18.8 Å². The average Bonchev–Trinajstić information content (AvgIpc) is 3.21. The molecule has 10 heteroatoms. The Kier molecular flexibility index (Phi) is 8.58. The monoisotopic (exact) mass is 493 g/mol. The van der Waals surface area contributed by atoms with Crippen LogP contribution in [0.3, 0.4) is 0 Å². The van der Waals surface area contributed by atoms with Crippen LogP contribution in [0.2, 0.25) is 0 Å². The molecule has 3 rings (SSSR count). The number of likely N-dealkylation sites (tertiary alicyclic amines) is 1. The van der Waals surface area contributed by atoms with Gasteiger partial charge in [0.1, 0.15) is 0 Å². The highest BCUT2D eigenvalue weighted by molar-refractivity contribution is 7.99. The fourth-order valence-corrected chi connectivity index (χ4v) is 6.83. The van der Waals surface area contributed by atoms with Gasteiger partial charge in [-0.3, -0.25) is 4.79 Å². The van der Waals surface area contributed by atoms with Crippen LogP contribution in [0.15, 0.2) is 34.3 Å². The van der Waals surface area contributed by atoms with Gasteiger partial charge < -0.3 is 9.47 Å². The first-order valence-corrected chi connectivity index (χ1v) is 14.1. The predicted octanol–water partition coefficient (Wildman–Crippen LogP) is 3.88. The Balaban J connectivity index is 1.76. The summed E-state index contributed by atoms with van der Waals surface area (Å²) in [5.74, 6) is 1.13. The smallest absolute Gasteiger partial charge is 0.243 e. The number of rotatable bonds is 9. The first kappa shape index (κ1) is 25.7. The van der Waals surface area contributed by atoms with Crippen molar-refractivity contribution < 1.29 is 13.2 Å². The van der Waals surface area contributed by atoms with Crippen LogP contribution in [-0.2, 0) is 21.4 Å². The van der Waals surface area contributed by atoms with Gasteiger partial charge in [0.25, 0.3) is 0 Å². The van der Waals surface area contributed by atoms with Crippen LogP contribution >= 0.6 is 11.8 Å². The van der Waals surface area contributed by atoms with Crippen molar-refractivity contribution >= 4 is 27.7 Å². The number of nitrogens with zero attached hydrogens (tertiary/aromatic N) is 5. The average molecular weight is 494 g/mol. The van der Waals surface area contributed by atoms with Gasteiger partial charge in [-0.05, 0) is 64.3 Å². The third-order valence-corrected chi connectivity index (χ3v) is 9.31. The van der Waals surface area contributed by atoms with Gasteiger partial charge in [-0.2, -0.15) is 4.31 Å². The highest BCUT2D eigenvalue weighted by Crippen LogP contribution is 2.28. The maximum atomic E-state index is 12.9. The SMILES string of the molecule is CCN(CC)S(=O)(=O)c1ccc(-c2nnc(SCC(=O)N3[C@@H](C)CCC[C@@H]3C)n2CC)cc1. The Morgan fingerprint density at radius 3 is 2.21 bits per heavy atom. The minimum Gasteiger partial charge on any atom is -0.337 e. The number of hydrogen-bond donors (Lipinski definition) is 0. The van der Waals surface area contributed by atoms with Gasteiger partial charge in [0.05, 0.1) is 10.6 Å². The molecule has 1 aliphatic rings. The summed E-state index contributed by atoms with van der Waals surface area (Å²) in [6.45, 7) is 11.4. The van der Waals surface area contributed by atoms with E-state index in [2.05, 4.69) is 24.0 Å². The lowest BCUT2D eigenvalue weighted by Gasteiger charge is -2.39. The highest BCUT2D eigenvalue weighted by atomic mass is 32.2. The molecule has 1 saturated heterocycles. The summed E-state index contributed by atoms with van der Waals surface area (Å²) in [7, 11) is -3.50. The Hall–Kier alpha value is -1.91. The van der Waals surface area contributed by atoms with Crippen molar-refractivity contribution in [1.82, 2.24) is 24.0 Å². The van der Waals surface area contributed by atoms with E-state index in [4.69, 9.17) is 0 Å². The van der Waals surface area contributed by atoms with E-state index in [1.165, 1.54) is 22.5 Å². The van der Waals surface area contributed by atoms with Crippen LogP contribution in [-0.4, -0.2) is 69.2 Å². The third-order valence-electron chi connectivity index (χ3n) is 6.30. The zero-order chi connectivity index (χ0) is 24.2. The number of carbonyl (C=O) groups is 1. The lowest BCUT2D eigenvalue weighted by molar-refractivity contribution is -0.134. The molecule has 8 nitrogen and oxygen atoms in total. The van der Waals surface area contributed by atoms with E-state index in [0.717, 1.165) is 18.4 Å². The van der Waals surface area contributed by atoms with Crippen molar-refractivity contribution in [2.45, 2.75) is 82.6 Å². The molecular weight excluding hydrogens is 458 g/mol. The van der Waals surface area contributed by atoms with Gasteiger partial charge in [-0.15, -0.1) is 10.2 Å². The zero-order valence-electron chi connectivity index (χ0n) is 20.2. The van der Waals surface area contributed by atoms with Crippen LogP contribution < -0.4 is 0 Å². The molecule has 1 amide bonds. The van der Waals surface area contributed by atoms with Gasteiger partial charge in [-0.1, -0.05) is 25.6 Å². The van der Waals surface area contributed by atoms with Crippen LogP contribution in [0.5, 0.6) is 0 Å². The Bertz CT molecular complexity index is 1040. The molecule has 1 aromatic heterocycles. The Morgan fingerprint density at radius 1 is 1.06 bits per heavy atom. The molecule has 0 unspecified atom stereocenters. The lowest BCUT2D eigenvalue weighted by atomic mass is 9.98. The summed E-state index contributed by atoms with van der Waals surface area (Å²) in [6, 6.07) is 7.31. The van der Waals surface area contributed by atoms with E-state index in [1.54, 1.807) is 24.3 Å². The topological polar surface area (TPSA) is 88.4 Å². The molecule has 0 radical (unpaired) electrons. The minimum absolute atomic E-state index is 0.137. The van der Waals surface area contributed by atoms with E-state index in [-0.39, 0.29) is 22.9 Å². The van der Waals surface area contributed by atoms with Gasteiger partial charge in [-0.25, -0.2) is 8.42 Å². The summed E-state index contributed by atoms with van der Waals surface area (Å²) in [4.78, 5) is 15.2. The zero-order valence-corrected chi connectivity index (χ0v) is 21.8. The molecule has 2 atom stereocenters. The summed E-state index contributed by atoms with van der Waals surface area (Å²) in [5.41, 5.74) is 0.791. The number of sulfonamides is 1. The molecule has 0 spiro atoms. The molecule has 0 bridgehead atoms. The number of carbonyl (C=O) groups excluding carboxylic acids is 1. The van der Waals surface area contributed by atoms with E-state index in [0.29, 0.717) is 36.4 Å². The van der Waals surface area contributed by atoms with Gasteiger partial charge >= 0.3 is 0 Å². The second-order valence-electron chi connectivity index (χ2n) is 8.38. The summed E-state index contributed by atoms with van der Waals surface area (Å²) >= 11 is 1.41. The van der Waals surface area contributed by atoms with Crippen LogP contribution in [0.4, 0.5) is 0 Å². The number of amides is 1. The fraction of sp³-hybridized carbons (Fsp3) is 0.609. The molecule has 182 valence electrons. The second-order valence-corrected chi connectivity index (χ2v) is 11.3. The quantitative estimate of drug-likeness (QED) is 0.493. The predicted molar refractivity (Wildman–Crippen MR) is 132 cm³/mol. The number of thioether (sulfide) groups is 1. The van der Waals surface area contributed by atoms with E-state index < -0.39 is 10.0 Å². The Morgan fingerprint density at radius 2 is 1.67 bits per heavy atom. The molecule has 1 fully saturated rings. The van der Waals surface area contributed by atoms with Crippen molar-refractivity contribution in [3.05, 3.63) is 24.3 Å². The number of benzene rings is 1. The first-order valence-electron chi connectivity index (χ1n) is 11.7. The standard InChI is InChI=1S/C23H35N5O3S2/c1-6-26(7-2)33(30,31)20-14-12-19(13-15-20)22-24-25-23(27(22)8-3)32-16-21(29)28-17(4)10-9-11-18(28)5/h12-15,17-18H,6-11,16H2,1-5H3/t17-,18-/m0/s1. The maximum Gasteiger partial charge on any atom is 0.243 e. The second kappa shape index (κ2) is 11.0. The van der Waals surface area contributed by atoms with Crippen LogP contribution in [0.25, 0.3) is 11.4 Å². The molecule has 1 aromatic carbocycles. The highest BCUT2D eigenvalue weighted by Gasteiger charge is 2.29. The summed E-state index contributed by atoms with van der Waals surface area (Å²) in [6.07, 6.45) is 3.27. The van der Waals surface area contributed by atoms with Gasteiger partial charge in [0.2, 0.25) is 15.9 Å². The molecular formula is C23H35N5O3S2. The summed E-state index contributed by atoms with van der Waals surface area (Å²) in [5, 5.41) is 9.36.